The zero-order chi connectivity index (χ0) is 12.1. The molecule has 17 heavy (non-hydrogen) atoms. The topological polar surface area (TPSA) is 41.6 Å². The molecule has 1 heterocycles. The predicted octanol–water partition coefficient (Wildman–Crippen LogP) is 1.16. The minimum Gasteiger partial charge on any atom is -0.378 e. The van der Waals surface area contributed by atoms with Gasteiger partial charge in [0.25, 0.3) is 0 Å². The number of likely N-dealkylation sites (N-methyl/N-ethyl adjacent to an activating group) is 1. The molecule has 1 amide bonds. The lowest BCUT2D eigenvalue weighted by atomic mass is 10.1. The summed E-state index contributed by atoms with van der Waals surface area (Å²) in [4.78, 5) is 13.6. The van der Waals surface area contributed by atoms with Crippen LogP contribution < -0.4 is 5.32 Å². The Hall–Kier alpha value is -0.610. The summed E-state index contributed by atoms with van der Waals surface area (Å²) in [5.74, 6) is 0.220. The third-order valence-electron chi connectivity index (χ3n) is 3.68. The van der Waals surface area contributed by atoms with Crippen LogP contribution in [0.4, 0.5) is 0 Å². The second-order valence-corrected chi connectivity index (χ2v) is 5.19. The summed E-state index contributed by atoms with van der Waals surface area (Å²) in [6, 6.07) is 0.519. The summed E-state index contributed by atoms with van der Waals surface area (Å²) in [7, 11) is 1.91. The van der Waals surface area contributed by atoms with Gasteiger partial charge in [-0.05, 0) is 45.1 Å². The molecule has 0 spiro atoms. The Labute approximate surface area is 104 Å². The van der Waals surface area contributed by atoms with Gasteiger partial charge in [-0.1, -0.05) is 0 Å². The van der Waals surface area contributed by atoms with Crippen molar-refractivity contribution in [2.24, 2.45) is 0 Å². The third-order valence-corrected chi connectivity index (χ3v) is 3.68. The molecule has 2 rings (SSSR count). The number of hydrogen-bond acceptors (Lipinski definition) is 3. The molecule has 2 fully saturated rings. The Morgan fingerprint density at radius 1 is 1.35 bits per heavy atom. The highest BCUT2D eigenvalue weighted by atomic mass is 16.5. The van der Waals surface area contributed by atoms with Gasteiger partial charge >= 0.3 is 0 Å². The number of rotatable bonds is 6. The van der Waals surface area contributed by atoms with Crippen LogP contribution in [0, 0.1) is 0 Å². The number of nitrogens with one attached hydrogen (secondary N) is 1. The summed E-state index contributed by atoms with van der Waals surface area (Å²) in [6.07, 6.45) is 7.46. The number of ether oxygens (including phenoxy) is 1. The first-order valence-electron chi connectivity index (χ1n) is 6.85. The van der Waals surface area contributed by atoms with Crippen LogP contribution in [-0.2, 0) is 9.53 Å². The molecule has 1 saturated heterocycles. The second-order valence-electron chi connectivity index (χ2n) is 5.19. The van der Waals surface area contributed by atoms with E-state index < -0.39 is 0 Å². The maximum Gasteiger partial charge on any atom is 0.236 e. The van der Waals surface area contributed by atoms with Gasteiger partial charge in [0.05, 0.1) is 12.6 Å². The van der Waals surface area contributed by atoms with Crippen molar-refractivity contribution in [2.45, 2.75) is 50.7 Å². The molecule has 0 aromatic rings. The third kappa shape index (κ3) is 4.28. The normalized spacial score (nSPS) is 24.6. The zero-order valence-corrected chi connectivity index (χ0v) is 10.8. The highest BCUT2D eigenvalue weighted by molar-refractivity contribution is 5.78. The van der Waals surface area contributed by atoms with Crippen molar-refractivity contribution in [3.63, 3.8) is 0 Å². The van der Waals surface area contributed by atoms with E-state index in [1.165, 1.54) is 32.1 Å². The van der Waals surface area contributed by atoms with Gasteiger partial charge in [0, 0.05) is 19.7 Å². The van der Waals surface area contributed by atoms with E-state index in [2.05, 4.69) is 5.32 Å². The fourth-order valence-electron chi connectivity index (χ4n) is 2.28. The molecule has 4 heteroatoms. The lowest BCUT2D eigenvalue weighted by Gasteiger charge is -2.22. The lowest BCUT2D eigenvalue weighted by molar-refractivity contribution is -0.129. The van der Waals surface area contributed by atoms with Gasteiger partial charge in [0.2, 0.25) is 5.91 Å². The Balaban J connectivity index is 1.51. The number of hydrogen-bond donors (Lipinski definition) is 1. The molecule has 1 aliphatic heterocycles. The lowest BCUT2D eigenvalue weighted by Crippen LogP contribution is -2.37. The van der Waals surface area contributed by atoms with Crippen LogP contribution in [0.2, 0.25) is 0 Å². The molecule has 1 atom stereocenters. The maximum atomic E-state index is 11.7. The Morgan fingerprint density at radius 2 is 2.18 bits per heavy atom. The summed E-state index contributed by atoms with van der Waals surface area (Å²) < 4.78 is 5.65. The van der Waals surface area contributed by atoms with Crippen molar-refractivity contribution in [1.82, 2.24) is 10.2 Å². The van der Waals surface area contributed by atoms with Gasteiger partial charge in [-0.25, -0.2) is 0 Å². The quantitative estimate of drug-likeness (QED) is 0.708. The zero-order valence-electron chi connectivity index (χ0n) is 10.8. The van der Waals surface area contributed by atoms with E-state index in [1.54, 1.807) is 0 Å². The first kappa shape index (κ1) is 12.8. The average molecular weight is 240 g/mol. The first-order chi connectivity index (χ1) is 8.27. The largest absolute Gasteiger partial charge is 0.378 e. The van der Waals surface area contributed by atoms with E-state index >= 15 is 0 Å². The minimum absolute atomic E-state index is 0.220. The van der Waals surface area contributed by atoms with Crippen molar-refractivity contribution in [2.75, 3.05) is 26.7 Å². The fraction of sp³-hybridized carbons (Fsp3) is 0.923. The Kier molecular flexibility index (Phi) is 4.80. The molecule has 1 unspecified atom stereocenters. The fourth-order valence-corrected chi connectivity index (χ4v) is 2.28. The molecular weight excluding hydrogens is 216 g/mol. The van der Waals surface area contributed by atoms with Gasteiger partial charge < -0.3 is 15.0 Å². The second kappa shape index (κ2) is 6.36. The molecule has 4 nitrogen and oxygen atoms in total. The highest BCUT2D eigenvalue weighted by Crippen LogP contribution is 2.25. The Bertz CT molecular complexity index is 248. The van der Waals surface area contributed by atoms with E-state index in [-0.39, 0.29) is 5.91 Å². The van der Waals surface area contributed by atoms with Crippen LogP contribution in [0.1, 0.15) is 38.5 Å². The van der Waals surface area contributed by atoms with Crippen LogP contribution in [0.15, 0.2) is 0 Å². The summed E-state index contributed by atoms with van der Waals surface area (Å²) in [5.41, 5.74) is 0. The maximum absolute atomic E-state index is 11.7. The van der Waals surface area contributed by atoms with Crippen molar-refractivity contribution in [3.05, 3.63) is 0 Å². The monoisotopic (exact) mass is 240 g/mol. The van der Waals surface area contributed by atoms with E-state index in [0.717, 1.165) is 19.6 Å². The molecule has 0 radical (unpaired) electrons. The predicted molar refractivity (Wildman–Crippen MR) is 66.9 cm³/mol. The molecule has 0 aromatic heterocycles. The minimum atomic E-state index is 0.220. The van der Waals surface area contributed by atoms with Crippen LogP contribution in [0.3, 0.4) is 0 Å². The van der Waals surface area contributed by atoms with Crippen LogP contribution >= 0.6 is 0 Å². The SMILES string of the molecule is CN(C(=O)CNCCC1CCCCO1)C1CC1. The Morgan fingerprint density at radius 3 is 2.82 bits per heavy atom. The van der Waals surface area contributed by atoms with Crippen molar-refractivity contribution >= 4 is 5.91 Å². The van der Waals surface area contributed by atoms with E-state index in [0.29, 0.717) is 18.7 Å². The van der Waals surface area contributed by atoms with Gasteiger partial charge in [-0.2, -0.15) is 0 Å². The van der Waals surface area contributed by atoms with Gasteiger partial charge in [0.15, 0.2) is 0 Å². The van der Waals surface area contributed by atoms with Gasteiger partial charge in [0.1, 0.15) is 0 Å². The van der Waals surface area contributed by atoms with Crippen molar-refractivity contribution in [1.29, 1.82) is 0 Å². The molecule has 0 bridgehead atoms. The molecule has 2 aliphatic rings. The number of carbonyl (C=O) groups excluding carboxylic acids is 1. The molecule has 1 aliphatic carbocycles. The van der Waals surface area contributed by atoms with Crippen LogP contribution in [0.25, 0.3) is 0 Å². The van der Waals surface area contributed by atoms with Crippen LogP contribution in [0.5, 0.6) is 0 Å². The highest BCUT2D eigenvalue weighted by Gasteiger charge is 2.29. The summed E-state index contributed by atoms with van der Waals surface area (Å²) in [6.45, 7) is 2.27. The van der Waals surface area contributed by atoms with Gasteiger partial charge in [-0.15, -0.1) is 0 Å². The first-order valence-corrected chi connectivity index (χ1v) is 6.85. The molecule has 0 aromatic carbocycles. The number of carbonyl (C=O) groups is 1. The molecule has 1 saturated carbocycles. The smallest absolute Gasteiger partial charge is 0.236 e. The molecule has 1 N–H and O–H groups in total. The molecule has 98 valence electrons. The van der Waals surface area contributed by atoms with Crippen LogP contribution in [-0.4, -0.2) is 49.7 Å². The summed E-state index contributed by atoms with van der Waals surface area (Å²) >= 11 is 0. The van der Waals surface area contributed by atoms with E-state index in [9.17, 15) is 4.79 Å². The van der Waals surface area contributed by atoms with E-state index in [4.69, 9.17) is 4.74 Å². The van der Waals surface area contributed by atoms with E-state index in [1.807, 2.05) is 11.9 Å². The van der Waals surface area contributed by atoms with Gasteiger partial charge in [-0.3, -0.25) is 4.79 Å². The van der Waals surface area contributed by atoms with Crippen molar-refractivity contribution in [3.8, 4) is 0 Å². The molecular formula is C13H24N2O2. The van der Waals surface area contributed by atoms with Crippen molar-refractivity contribution < 1.29 is 9.53 Å². The standard InChI is InChI=1S/C13H24N2O2/c1-15(11-5-6-11)13(16)10-14-8-7-12-4-2-3-9-17-12/h11-12,14H,2-10H2,1H3. The number of nitrogens with zero attached hydrogens (tertiary/aromatic N) is 1. The average Bonchev–Trinajstić information content (AvgIpc) is 3.19. The number of amides is 1. The summed E-state index contributed by atoms with van der Waals surface area (Å²) in [5, 5.41) is 3.22.